The van der Waals surface area contributed by atoms with E-state index >= 15 is 0 Å². The van der Waals surface area contributed by atoms with Gasteiger partial charge in [-0.2, -0.15) is 0 Å². The van der Waals surface area contributed by atoms with E-state index in [0.717, 1.165) is 5.56 Å². The minimum absolute atomic E-state index is 0.288. The predicted molar refractivity (Wildman–Crippen MR) is 61.6 cm³/mol. The van der Waals surface area contributed by atoms with Crippen LogP contribution in [0.15, 0.2) is 36.4 Å². The number of phenolic OH excluding ortho intramolecular Hbond substituents is 3. The van der Waals surface area contributed by atoms with E-state index in [0.29, 0.717) is 11.1 Å². The molecule has 0 aliphatic carbocycles. The van der Waals surface area contributed by atoms with Gasteiger partial charge in [0.05, 0.1) is 0 Å². The van der Waals surface area contributed by atoms with Gasteiger partial charge in [0.2, 0.25) is 5.75 Å². The van der Waals surface area contributed by atoms with Crippen molar-refractivity contribution >= 4 is 0 Å². The number of rotatable bonds is 1. The first-order valence-corrected chi connectivity index (χ1v) is 4.91. The van der Waals surface area contributed by atoms with Crippen molar-refractivity contribution < 1.29 is 15.3 Å². The van der Waals surface area contributed by atoms with Crippen molar-refractivity contribution in [1.82, 2.24) is 0 Å². The van der Waals surface area contributed by atoms with E-state index < -0.39 is 5.75 Å². The Kier molecular flexibility index (Phi) is 2.44. The molecule has 0 aliphatic rings. The second kappa shape index (κ2) is 3.77. The van der Waals surface area contributed by atoms with Crippen LogP contribution in [0, 0.1) is 6.92 Å². The molecule has 0 bridgehead atoms. The molecule has 0 heterocycles. The standard InChI is InChI=1S/C13H12O3/c1-8-7-10(14)12(15)13(16)11(8)9-5-3-2-4-6-9/h2-7,14-16H,1H3. The summed E-state index contributed by atoms with van der Waals surface area (Å²) < 4.78 is 0. The highest BCUT2D eigenvalue weighted by atomic mass is 16.3. The largest absolute Gasteiger partial charge is 0.504 e. The number of hydrogen-bond donors (Lipinski definition) is 3. The molecule has 0 unspecified atom stereocenters. The van der Waals surface area contributed by atoms with Crippen molar-refractivity contribution in [2.75, 3.05) is 0 Å². The summed E-state index contributed by atoms with van der Waals surface area (Å²) in [6.45, 7) is 1.77. The van der Waals surface area contributed by atoms with Crippen molar-refractivity contribution in [3.63, 3.8) is 0 Å². The fourth-order valence-electron chi connectivity index (χ4n) is 1.74. The molecule has 0 saturated heterocycles. The SMILES string of the molecule is Cc1cc(O)c(O)c(O)c1-c1ccccc1. The smallest absolute Gasteiger partial charge is 0.200 e. The first-order valence-electron chi connectivity index (χ1n) is 4.91. The van der Waals surface area contributed by atoms with Gasteiger partial charge in [0.15, 0.2) is 11.5 Å². The molecule has 0 amide bonds. The molecule has 3 N–H and O–H groups in total. The van der Waals surface area contributed by atoms with Gasteiger partial charge in [-0.15, -0.1) is 0 Å². The highest BCUT2D eigenvalue weighted by molar-refractivity contribution is 5.78. The van der Waals surface area contributed by atoms with E-state index in [1.54, 1.807) is 6.92 Å². The van der Waals surface area contributed by atoms with Gasteiger partial charge >= 0.3 is 0 Å². The van der Waals surface area contributed by atoms with Crippen LogP contribution in [-0.4, -0.2) is 15.3 Å². The molecular weight excluding hydrogens is 204 g/mol. The van der Waals surface area contributed by atoms with Crippen LogP contribution in [0.1, 0.15) is 5.56 Å². The Morgan fingerprint density at radius 1 is 0.875 bits per heavy atom. The monoisotopic (exact) mass is 216 g/mol. The Balaban J connectivity index is 2.71. The number of phenols is 3. The van der Waals surface area contributed by atoms with E-state index in [4.69, 9.17) is 0 Å². The molecule has 3 heteroatoms. The molecule has 2 aromatic rings. The van der Waals surface area contributed by atoms with Crippen LogP contribution >= 0.6 is 0 Å². The third-order valence-electron chi connectivity index (χ3n) is 2.51. The van der Waals surface area contributed by atoms with Crippen LogP contribution < -0.4 is 0 Å². The third-order valence-corrected chi connectivity index (χ3v) is 2.51. The maximum atomic E-state index is 9.80. The Morgan fingerprint density at radius 3 is 2.12 bits per heavy atom. The van der Waals surface area contributed by atoms with Crippen molar-refractivity contribution in [3.8, 4) is 28.4 Å². The van der Waals surface area contributed by atoms with Gasteiger partial charge in [-0.05, 0) is 24.1 Å². The first-order chi connectivity index (χ1) is 7.61. The molecular formula is C13H12O3. The van der Waals surface area contributed by atoms with Gasteiger partial charge in [0, 0.05) is 5.56 Å². The number of aromatic hydroxyl groups is 3. The van der Waals surface area contributed by atoms with E-state index in [9.17, 15) is 15.3 Å². The lowest BCUT2D eigenvalue weighted by Gasteiger charge is -2.11. The lowest BCUT2D eigenvalue weighted by Crippen LogP contribution is -1.85. The topological polar surface area (TPSA) is 60.7 Å². The third kappa shape index (κ3) is 1.56. The Morgan fingerprint density at radius 2 is 1.50 bits per heavy atom. The van der Waals surface area contributed by atoms with Crippen LogP contribution in [-0.2, 0) is 0 Å². The van der Waals surface area contributed by atoms with E-state index in [2.05, 4.69) is 0 Å². The van der Waals surface area contributed by atoms with Crippen LogP contribution in [0.25, 0.3) is 11.1 Å². The highest BCUT2D eigenvalue weighted by Gasteiger charge is 2.15. The highest BCUT2D eigenvalue weighted by Crippen LogP contribution is 2.44. The fraction of sp³-hybridized carbons (Fsp3) is 0.0769. The van der Waals surface area contributed by atoms with E-state index in [1.165, 1.54) is 6.07 Å². The molecule has 0 aromatic heterocycles. The molecule has 0 radical (unpaired) electrons. The molecule has 0 atom stereocenters. The van der Waals surface area contributed by atoms with E-state index in [-0.39, 0.29) is 11.5 Å². The molecule has 0 saturated carbocycles. The quantitative estimate of drug-likeness (QED) is 0.642. The van der Waals surface area contributed by atoms with Crippen molar-refractivity contribution in [2.45, 2.75) is 6.92 Å². The molecule has 2 rings (SSSR count). The minimum atomic E-state index is -0.482. The summed E-state index contributed by atoms with van der Waals surface area (Å²) in [7, 11) is 0. The Hall–Kier alpha value is -2.16. The number of hydrogen-bond acceptors (Lipinski definition) is 3. The van der Waals surface area contributed by atoms with Crippen LogP contribution in [0.2, 0.25) is 0 Å². The number of aryl methyl sites for hydroxylation is 1. The summed E-state index contributed by atoms with van der Waals surface area (Å²) in [5.74, 6) is -1.08. The normalized spacial score (nSPS) is 10.3. The second-order valence-corrected chi connectivity index (χ2v) is 3.65. The summed E-state index contributed by atoms with van der Waals surface area (Å²) in [4.78, 5) is 0. The molecule has 82 valence electrons. The zero-order valence-corrected chi connectivity index (χ0v) is 8.81. The number of benzene rings is 2. The van der Waals surface area contributed by atoms with Crippen molar-refractivity contribution in [3.05, 3.63) is 42.0 Å². The zero-order valence-electron chi connectivity index (χ0n) is 8.81. The average Bonchev–Trinajstić information content (AvgIpc) is 2.28. The van der Waals surface area contributed by atoms with Crippen molar-refractivity contribution in [1.29, 1.82) is 0 Å². The summed E-state index contributed by atoms with van der Waals surface area (Å²) >= 11 is 0. The molecule has 0 aliphatic heterocycles. The summed E-state index contributed by atoms with van der Waals surface area (Å²) in [6.07, 6.45) is 0. The Labute approximate surface area is 93.2 Å². The maximum Gasteiger partial charge on any atom is 0.200 e. The molecule has 3 nitrogen and oxygen atoms in total. The van der Waals surface area contributed by atoms with Gasteiger partial charge in [-0.1, -0.05) is 30.3 Å². The van der Waals surface area contributed by atoms with Crippen molar-refractivity contribution in [2.24, 2.45) is 0 Å². The summed E-state index contributed by atoms with van der Waals surface area (Å²) in [5, 5.41) is 28.6. The Bertz CT molecular complexity index is 518. The van der Waals surface area contributed by atoms with Gasteiger partial charge in [-0.3, -0.25) is 0 Å². The minimum Gasteiger partial charge on any atom is -0.504 e. The lowest BCUT2D eigenvalue weighted by atomic mass is 9.98. The maximum absolute atomic E-state index is 9.80. The van der Waals surface area contributed by atoms with Gasteiger partial charge in [-0.25, -0.2) is 0 Å². The van der Waals surface area contributed by atoms with Gasteiger partial charge in [0.1, 0.15) is 0 Å². The molecule has 2 aromatic carbocycles. The fourth-order valence-corrected chi connectivity index (χ4v) is 1.74. The van der Waals surface area contributed by atoms with Gasteiger partial charge < -0.3 is 15.3 Å². The molecule has 16 heavy (non-hydrogen) atoms. The van der Waals surface area contributed by atoms with Gasteiger partial charge in [0.25, 0.3) is 0 Å². The first kappa shape index (κ1) is 10.4. The zero-order chi connectivity index (χ0) is 11.7. The predicted octanol–water partition coefficient (Wildman–Crippen LogP) is 2.78. The summed E-state index contributed by atoms with van der Waals surface area (Å²) in [5.41, 5.74) is 2.04. The van der Waals surface area contributed by atoms with Crippen LogP contribution in [0.3, 0.4) is 0 Å². The summed E-state index contributed by atoms with van der Waals surface area (Å²) in [6, 6.07) is 10.7. The lowest BCUT2D eigenvalue weighted by molar-refractivity contribution is 0.368. The second-order valence-electron chi connectivity index (χ2n) is 3.65. The van der Waals surface area contributed by atoms with Crippen LogP contribution in [0.5, 0.6) is 17.2 Å². The average molecular weight is 216 g/mol. The molecule has 0 fully saturated rings. The van der Waals surface area contributed by atoms with Crippen LogP contribution in [0.4, 0.5) is 0 Å². The van der Waals surface area contributed by atoms with E-state index in [1.807, 2.05) is 30.3 Å². The molecule has 0 spiro atoms.